The monoisotopic (exact) mass is 285 g/mol. The van der Waals surface area contributed by atoms with E-state index >= 15 is 0 Å². The highest BCUT2D eigenvalue weighted by Gasteiger charge is 2.26. The molecule has 1 amide bonds. The first-order chi connectivity index (χ1) is 9.79. The minimum atomic E-state index is -0.0728. The highest BCUT2D eigenvalue weighted by molar-refractivity contribution is 7.14. The van der Waals surface area contributed by atoms with Crippen molar-refractivity contribution < 1.29 is 4.79 Å². The molecule has 4 nitrogen and oxygen atoms in total. The Bertz CT molecular complexity index is 676. The molecule has 0 bridgehead atoms. The first-order valence-corrected chi connectivity index (χ1v) is 7.81. The van der Waals surface area contributed by atoms with E-state index in [9.17, 15) is 4.79 Å². The maximum absolute atomic E-state index is 12.2. The summed E-state index contributed by atoms with van der Waals surface area (Å²) in [5.41, 5.74) is 4.20. The van der Waals surface area contributed by atoms with Gasteiger partial charge in [-0.3, -0.25) is 10.1 Å². The Labute approximate surface area is 121 Å². The molecular weight excluding hydrogens is 270 g/mol. The smallest absolute Gasteiger partial charge is 0.257 e. The lowest BCUT2D eigenvalue weighted by molar-refractivity contribution is 0.102. The third kappa shape index (κ3) is 2.18. The Morgan fingerprint density at radius 2 is 2.30 bits per heavy atom. The average Bonchev–Trinajstić information content (AvgIpc) is 3.02. The molecule has 1 fully saturated rings. The summed E-state index contributed by atoms with van der Waals surface area (Å²) in [6, 6.07) is 5.82. The third-order valence-corrected chi connectivity index (χ3v) is 4.59. The van der Waals surface area contributed by atoms with Crippen LogP contribution < -0.4 is 10.6 Å². The number of hydrogen-bond donors (Lipinski definition) is 2. The maximum Gasteiger partial charge on any atom is 0.257 e. The molecule has 2 N–H and O–H groups in total. The van der Waals surface area contributed by atoms with Crippen molar-refractivity contribution in [1.29, 1.82) is 0 Å². The lowest BCUT2D eigenvalue weighted by Crippen LogP contribution is -2.12. The fraction of sp³-hybridized carbons (Fsp3) is 0.333. The largest absolute Gasteiger partial charge is 0.384 e. The number of nitrogens with one attached hydrogen (secondary N) is 2. The number of aromatic nitrogens is 1. The summed E-state index contributed by atoms with van der Waals surface area (Å²) in [4.78, 5) is 16.7. The number of thiazole rings is 1. The Balaban J connectivity index is 1.51. The summed E-state index contributed by atoms with van der Waals surface area (Å²) >= 11 is 1.51. The van der Waals surface area contributed by atoms with Crippen molar-refractivity contribution in [3.8, 4) is 0 Å². The molecule has 1 aromatic heterocycles. The number of amides is 1. The van der Waals surface area contributed by atoms with Crippen molar-refractivity contribution in [3.05, 3.63) is 40.4 Å². The van der Waals surface area contributed by atoms with Crippen LogP contribution in [0.2, 0.25) is 0 Å². The van der Waals surface area contributed by atoms with Gasteiger partial charge in [-0.25, -0.2) is 4.98 Å². The van der Waals surface area contributed by atoms with Crippen LogP contribution in [-0.4, -0.2) is 17.4 Å². The summed E-state index contributed by atoms with van der Waals surface area (Å²) < 4.78 is 0. The van der Waals surface area contributed by atoms with Gasteiger partial charge >= 0.3 is 0 Å². The molecule has 5 heteroatoms. The molecule has 0 spiro atoms. The molecule has 102 valence electrons. The summed E-state index contributed by atoms with van der Waals surface area (Å²) in [7, 11) is 0. The minimum Gasteiger partial charge on any atom is -0.384 e. The van der Waals surface area contributed by atoms with Gasteiger partial charge in [0.25, 0.3) is 5.91 Å². The highest BCUT2D eigenvalue weighted by atomic mass is 32.1. The zero-order chi connectivity index (χ0) is 13.5. The molecule has 1 saturated carbocycles. The van der Waals surface area contributed by atoms with Gasteiger partial charge in [-0.2, -0.15) is 0 Å². The van der Waals surface area contributed by atoms with Crippen LogP contribution in [-0.2, 0) is 6.42 Å². The second kappa shape index (κ2) is 4.59. The summed E-state index contributed by atoms with van der Waals surface area (Å²) in [6.45, 7) is 0.956. The van der Waals surface area contributed by atoms with Crippen molar-refractivity contribution in [2.45, 2.75) is 25.2 Å². The Kier molecular flexibility index (Phi) is 2.73. The van der Waals surface area contributed by atoms with Gasteiger partial charge in [-0.15, -0.1) is 11.3 Å². The molecule has 2 aromatic rings. The molecule has 1 aliphatic heterocycles. The van der Waals surface area contributed by atoms with Crippen LogP contribution in [0, 0.1) is 0 Å². The number of benzene rings is 1. The minimum absolute atomic E-state index is 0.0728. The summed E-state index contributed by atoms with van der Waals surface area (Å²) in [5, 5.41) is 8.96. The van der Waals surface area contributed by atoms with Crippen LogP contribution in [0.25, 0.3) is 0 Å². The highest BCUT2D eigenvalue weighted by Crippen LogP contribution is 2.40. The molecule has 4 rings (SSSR count). The molecule has 1 aliphatic carbocycles. The number of anilines is 2. The zero-order valence-corrected chi connectivity index (χ0v) is 11.8. The lowest BCUT2D eigenvalue weighted by atomic mass is 10.1. The van der Waals surface area contributed by atoms with Crippen molar-refractivity contribution in [1.82, 2.24) is 4.98 Å². The van der Waals surface area contributed by atoms with Crippen LogP contribution in [0.1, 0.15) is 40.4 Å². The molecule has 0 atom stereocenters. The fourth-order valence-electron chi connectivity index (χ4n) is 2.53. The van der Waals surface area contributed by atoms with Crippen molar-refractivity contribution in [3.63, 3.8) is 0 Å². The predicted octanol–water partition coefficient (Wildman–Crippen LogP) is 3.24. The second-order valence-corrected chi connectivity index (χ2v) is 6.21. The second-order valence-electron chi connectivity index (χ2n) is 5.35. The first-order valence-electron chi connectivity index (χ1n) is 6.93. The Morgan fingerprint density at radius 1 is 1.40 bits per heavy atom. The van der Waals surface area contributed by atoms with Crippen LogP contribution >= 0.6 is 11.3 Å². The van der Waals surface area contributed by atoms with Crippen molar-refractivity contribution in [2.75, 3.05) is 17.2 Å². The van der Waals surface area contributed by atoms with E-state index in [0.717, 1.165) is 24.3 Å². The Morgan fingerprint density at radius 3 is 3.15 bits per heavy atom. The van der Waals surface area contributed by atoms with Gasteiger partial charge in [0.15, 0.2) is 5.13 Å². The van der Waals surface area contributed by atoms with E-state index < -0.39 is 0 Å². The van der Waals surface area contributed by atoms with Gasteiger partial charge < -0.3 is 5.32 Å². The van der Waals surface area contributed by atoms with E-state index in [2.05, 4.69) is 21.0 Å². The predicted molar refractivity (Wildman–Crippen MR) is 80.7 cm³/mol. The SMILES string of the molecule is O=C(Nc1nc(C2CC2)cs1)c1ccc2c(c1)CCN2. The van der Waals surface area contributed by atoms with E-state index in [1.165, 1.54) is 29.7 Å². The molecule has 0 radical (unpaired) electrons. The lowest BCUT2D eigenvalue weighted by Gasteiger charge is -2.04. The fourth-order valence-corrected chi connectivity index (χ4v) is 3.31. The number of carbonyl (C=O) groups is 1. The number of fused-ring (bicyclic) bond motifs is 1. The summed E-state index contributed by atoms with van der Waals surface area (Å²) in [5.74, 6) is 0.555. The number of carbonyl (C=O) groups excluding carboxylic acids is 1. The van der Waals surface area contributed by atoms with E-state index in [1.54, 1.807) is 0 Å². The third-order valence-electron chi connectivity index (χ3n) is 3.82. The first kappa shape index (κ1) is 11.9. The van der Waals surface area contributed by atoms with Gasteiger partial charge in [0.05, 0.1) is 5.69 Å². The van der Waals surface area contributed by atoms with E-state index in [-0.39, 0.29) is 5.91 Å². The summed E-state index contributed by atoms with van der Waals surface area (Å²) in [6.07, 6.45) is 3.45. The van der Waals surface area contributed by atoms with Crippen molar-refractivity contribution >= 4 is 28.1 Å². The van der Waals surface area contributed by atoms with Crippen LogP contribution in [0.4, 0.5) is 10.8 Å². The van der Waals surface area contributed by atoms with Gasteiger partial charge in [0.2, 0.25) is 0 Å². The van der Waals surface area contributed by atoms with Crippen molar-refractivity contribution in [2.24, 2.45) is 0 Å². The van der Waals surface area contributed by atoms with Gasteiger partial charge in [0, 0.05) is 29.1 Å². The number of hydrogen-bond acceptors (Lipinski definition) is 4. The number of nitrogens with zero attached hydrogens (tertiary/aromatic N) is 1. The molecule has 2 heterocycles. The molecule has 0 unspecified atom stereocenters. The molecule has 0 saturated heterocycles. The Hall–Kier alpha value is -1.88. The van der Waals surface area contributed by atoms with Gasteiger partial charge in [0.1, 0.15) is 0 Å². The van der Waals surface area contributed by atoms with E-state index in [0.29, 0.717) is 16.6 Å². The molecular formula is C15H15N3OS. The normalized spacial score (nSPS) is 16.6. The van der Waals surface area contributed by atoms with Crippen LogP contribution in [0.3, 0.4) is 0 Å². The molecule has 2 aliphatic rings. The average molecular weight is 285 g/mol. The number of rotatable bonds is 3. The molecule has 20 heavy (non-hydrogen) atoms. The van der Waals surface area contributed by atoms with Gasteiger partial charge in [-0.1, -0.05) is 0 Å². The van der Waals surface area contributed by atoms with E-state index in [4.69, 9.17) is 0 Å². The maximum atomic E-state index is 12.2. The van der Waals surface area contributed by atoms with Crippen LogP contribution in [0.5, 0.6) is 0 Å². The standard InChI is InChI=1S/C15H15N3OS/c19-14(11-3-4-12-10(7-11)5-6-16-12)18-15-17-13(8-20-15)9-1-2-9/h3-4,7-9,16H,1-2,5-6H2,(H,17,18,19). The zero-order valence-electron chi connectivity index (χ0n) is 11.0. The van der Waals surface area contributed by atoms with Gasteiger partial charge in [-0.05, 0) is 43.0 Å². The topological polar surface area (TPSA) is 54.0 Å². The molecule has 1 aromatic carbocycles. The van der Waals surface area contributed by atoms with Crippen LogP contribution in [0.15, 0.2) is 23.6 Å². The quantitative estimate of drug-likeness (QED) is 0.910. The van der Waals surface area contributed by atoms with E-state index in [1.807, 2.05) is 18.2 Å².